The van der Waals surface area contributed by atoms with Crippen LogP contribution in [0.15, 0.2) is 114 Å². The Bertz CT molecular complexity index is 1520. The van der Waals surface area contributed by atoms with Crippen LogP contribution in [-0.2, 0) is 11.4 Å². The third-order valence-electron chi connectivity index (χ3n) is 5.72. The molecule has 5 rings (SSSR count). The average molecular weight is 520 g/mol. The van der Waals surface area contributed by atoms with E-state index in [0.29, 0.717) is 35.0 Å². The molecule has 4 aromatic rings. The van der Waals surface area contributed by atoms with Gasteiger partial charge in [-0.2, -0.15) is 5.10 Å². The quantitative estimate of drug-likeness (QED) is 0.186. The van der Waals surface area contributed by atoms with Crippen LogP contribution in [0.5, 0.6) is 17.2 Å². The van der Waals surface area contributed by atoms with Crippen LogP contribution >= 0.6 is 0 Å². The molecule has 2 N–H and O–H groups in total. The van der Waals surface area contributed by atoms with Crippen molar-refractivity contribution < 1.29 is 23.8 Å². The van der Waals surface area contributed by atoms with E-state index in [0.717, 1.165) is 11.1 Å². The van der Waals surface area contributed by atoms with Crippen molar-refractivity contribution in [2.45, 2.75) is 6.61 Å². The fourth-order valence-corrected chi connectivity index (χ4v) is 3.76. The summed E-state index contributed by atoms with van der Waals surface area (Å²) < 4.78 is 16.6. The van der Waals surface area contributed by atoms with Crippen LogP contribution in [0.25, 0.3) is 6.08 Å². The number of nitrogens with zero attached hydrogens (tertiary/aromatic N) is 1. The topological polar surface area (TPSA) is 98.2 Å². The molecule has 1 heterocycles. The van der Waals surface area contributed by atoms with Gasteiger partial charge in [-0.3, -0.25) is 9.59 Å². The van der Waals surface area contributed by atoms with Crippen molar-refractivity contribution in [1.29, 1.82) is 0 Å². The summed E-state index contributed by atoms with van der Waals surface area (Å²) in [5.74, 6) is 0.832. The fraction of sp³-hybridized carbons (Fsp3) is 0.0645. The Balaban J connectivity index is 1.28. The molecule has 0 spiro atoms. The summed E-state index contributed by atoms with van der Waals surface area (Å²) in [6, 6.07) is 31.1. The summed E-state index contributed by atoms with van der Waals surface area (Å²) in [5.41, 5.74) is 5.35. The second kappa shape index (κ2) is 12.2. The highest BCUT2D eigenvalue weighted by Gasteiger charge is 2.17. The molecule has 0 aromatic heterocycles. The van der Waals surface area contributed by atoms with Gasteiger partial charge in [0.15, 0.2) is 11.5 Å². The number of carbonyl (C=O) groups excluding carboxylic acids is 2. The highest BCUT2D eigenvalue weighted by molar-refractivity contribution is 6.05. The number of ether oxygens (including phenoxy) is 3. The molecule has 1 aliphatic heterocycles. The van der Waals surface area contributed by atoms with Gasteiger partial charge in [0.05, 0.1) is 6.21 Å². The van der Waals surface area contributed by atoms with Crippen molar-refractivity contribution in [3.63, 3.8) is 0 Å². The zero-order chi connectivity index (χ0) is 26.9. The van der Waals surface area contributed by atoms with Gasteiger partial charge in [0.1, 0.15) is 18.1 Å². The first kappa shape index (κ1) is 25.3. The Morgan fingerprint density at radius 3 is 2.41 bits per heavy atom. The second-order valence-corrected chi connectivity index (χ2v) is 8.54. The molecule has 0 radical (unpaired) electrons. The number of hydrogen-bond acceptors (Lipinski definition) is 6. The van der Waals surface area contributed by atoms with E-state index in [2.05, 4.69) is 15.8 Å². The SMILES string of the molecule is O=C(NN=Cc1cccc(OCc2ccccc2)c1)C(=Cc1ccc2c(c1)OCO2)NC(=O)c1ccccc1. The molecule has 1 aliphatic rings. The van der Waals surface area contributed by atoms with Gasteiger partial charge in [0.25, 0.3) is 11.8 Å². The molecule has 0 unspecified atom stereocenters. The van der Waals surface area contributed by atoms with Crippen molar-refractivity contribution in [2.24, 2.45) is 5.10 Å². The molecule has 0 saturated heterocycles. The average Bonchev–Trinajstić information content (AvgIpc) is 3.45. The van der Waals surface area contributed by atoms with E-state index < -0.39 is 11.8 Å². The number of benzene rings is 4. The van der Waals surface area contributed by atoms with Crippen LogP contribution in [-0.4, -0.2) is 24.8 Å². The molecule has 0 fully saturated rings. The number of rotatable bonds is 9. The molecule has 4 aromatic carbocycles. The Kier molecular flexibility index (Phi) is 7.94. The first-order valence-corrected chi connectivity index (χ1v) is 12.2. The summed E-state index contributed by atoms with van der Waals surface area (Å²) >= 11 is 0. The summed E-state index contributed by atoms with van der Waals surface area (Å²) in [7, 11) is 0. The zero-order valence-electron chi connectivity index (χ0n) is 20.9. The van der Waals surface area contributed by atoms with Gasteiger partial charge in [-0.05, 0) is 59.2 Å². The van der Waals surface area contributed by atoms with E-state index in [1.807, 2.05) is 60.7 Å². The van der Waals surface area contributed by atoms with E-state index in [-0.39, 0.29) is 12.5 Å². The highest BCUT2D eigenvalue weighted by Crippen LogP contribution is 2.33. The maximum absolute atomic E-state index is 13.1. The minimum absolute atomic E-state index is 0.0137. The predicted octanol–water partition coefficient (Wildman–Crippen LogP) is 4.92. The van der Waals surface area contributed by atoms with Crippen LogP contribution < -0.4 is 25.0 Å². The van der Waals surface area contributed by atoms with Gasteiger partial charge in [-0.25, -0.2) is 5.43 Å². The van der Waals surface area contributed by atoms with Crippen molar-refractivity contribution >= 4 is 24.1 Å². The second-order valence-electron chi connectivity index (χ2n) is 8.54. The third kappa shape index (κ3) is 6.90. The van der Waals surface area contributed by atoms with Gasteiger partial charge < -0.3 is 19.5 Å². The maximum atomic E-state index is 13.1. The van der Waals surface area contributed by atoms with E-state index in [1.165, 1.54) is 6.21 Å². The highest BCUT2D eigenvalue weighted by atomic mass is 16.7. The predicted molar refractivity (Wildman–Crippen MR) is 147 cm³/mol. The standard InChI is InChI=1S/C31H25N3O5/c35-30(25-11-5-2-6-12-25)33-27(17-23-14-15-28-29(18-23)39-21-38-28)31(36)34-32-19-24-10-7-13-26(16-24)37-20-22-8-3-1-4-9-22/h1-19H,20-21H2,(H,33,35)(H,34,36). The number of hydrazone groups is 1. The Labute approximate surface area is 225 Å². The normalized spacial score (nSPS) is 12.3. The van der Waals surface area contributed by atoms with Crippen molar-refractivity contribution in [3.05, 3.63) is 131 Å². The molecular formula is C31H25N3O5. The monoisotopic (exact) mass is 519 g/mol. The molecule has 39 heavy (non-hydrogen) atoms. The molecular weight excluding hydrogens is 494 g/mol. The van der Waals surface area contributed by atoms with Crippen molar-refractivity contribution in [3.8, 4) is 17.2 Å². The number of hydrogen-bond donors (Lipinski definition) is 2. The zero-order valence-corrected chi connectivity index (χ0v) is 20.9. The first-order chi connectivity index (χ1) is 19.1. The van der Waals surface area contributed by atoms with E-state index in [9.17, 15) is 9.59 Å². The van der Waals surface area contributed by atoms with Crippen molar-refractivity contribution in [2.75, 3.05) is 6.79 Å². The summed E-state index contributed by atoms with van der Waals surface area (Å²) in [6.45, 7) is 0.571. The molecule has 0 atom stereocenters. The minimum Gasteiger partial charge on any atom is -0.489 e. The van der Waals surface area contributed by atoms with Crippen LogP contribution in [0.1, 0.15) is 27.0 Å². The summed E-state index contributed by atoms with van der Waals surface area (Å²) in [5, 5.41) is 6.77. The lowest BCUT2D eigenvalue weighted by atomic mass is 10.1. The number of amides is 2. The molecule has 194 valence electrons. The Hall–Kier alpha value is -5.37. The van der Waals surface area contributed by atoms with Gasteiger partial charge >= 0.3 is 0 Å². The Morgan fingerprint density at radius 2 is 1.59 bits per heavy atom. The minimum atomic E-state index is -0.593. The molecule has 0 bridgehead atoms. The lowest BCUT2D eigenvalue weighted by molar-refractivity contribution is -0.117. The molecule has 0 saturated carbocycles. The summed E-state index contributed by atoms with van der Waals surface area (Å²) in [4.78, 5) is 25.9. The smallest absolute Gasteiger partial charge is 0.287 e. The van der Waals surface area contributed by atoms with E-state index >= 15 is 0 Å². The molecule has 2 amide bonds. The van der Waals surface area contributed by atoms with Crippen LogP contribution in [0.2, 0.25) is 0 Å². The summed E-state index contributed by atoms with van der Waals surface area (Å²) in [6.07, 6.45) is 3.05. The first-order valence-electron chi connectivity index (χ1n) is 12.2. The van der Waals surface area contributed by atoms with Crippen LogP contribution in [0.4, 0.5) is 0 Å². The van der Waals surface area contributed by atoms with Crippen LogP contribution in [0, 0.1) is 0 Å². The number of carbonyl (C=O) groups is 2. The van der Waals surface area contributed by atoms with Gasteiger partial charge in [-0.15, -0.1) is 0 Å². The van der Waals surface area contributed by atoms with Crippen LogP contribution in [0.3, 0.4) is 0 Å². The molecule has 0 aliphatic carbocycles. The van der Waals surface area contributed by atoms with E-state index in [4.69, 9.17) is 14.2 Å². The third-order valence-corrected chi connectivity index (χ3v) is 5.72. The lowest BCUT2D eigenvalue weighted by Crippen LogP contribution is -2.32. The Morgan fingerprint density at radius 1 is 0.821 bits per heavy atom. The largest absolute Gasteiger partial charge is 0.489 e. The van der Waals surface area contributed by atoms with Gasteiger partial charge in [0.2, 0.25) is 6.79 Å². The van der Waals surface area contributed by atoms with E-state index in [1.54, 1.807) is 48.5 Å². The lowest BCUT2D eigenvalue weighted by Gasteiger charge is -2.10. The van der Waals surface area contributed by atoms with Crippen molar-refractivity contribution in [1.82, 2.24) is 10.7 Å². The fourth-order valence-electron chi connectivity index (χ4n) is 3.76. The number of nitrogens with one attached hydrogen (secondary N) is 2. The molecule has 8 heteroatoms. The van der Waals surface area contributed by atoms with Gasteiger partial charge in [-0.1, -0.05) is 66.7 Å². The maximum Gasteiger partial charge on any atom is 0.287 e. The number of fused-ring (bicyclic) bond motifs is 1. The van der Waals surface area contributed by atoms with Gasteiger partial charge in [0, 0.05) is 5.56 Å². The molecule has 8 nitrogen and oxygen atoms in total.